The Labute approximate surface area is 121 Å². The third kappa shape index (κ3) is 2.40. The maximum atomic E-state index is 12.2. The van der Waals surface area contributed by atoms with Crippen LogP contribution in [0, 0.1) is 0 Å². The topological polar surface area (TPSA) is 88.3 Å². The maximum absolute atomic E-state index is 12.2. The molecule has 3 N–H and O–H groups in total. The van der Waals surface area contributed by atoms with Crippen LogP contribution >= 0.6 is 0 Å². The molecule has 0 radical (unpaired) electrons. The first-order valence-electron chi connectivity index (χ1n) is 6.77. The van der Waals surface area contributed by atoms with E-state index in [2.05, 4.69) is 10.3 Å². The van der Waals surface area contributed by atoms with Gasteiger partial charge in [-0.2, -0.15) is 0 Å². The Hall–Kier alpha value is -2.63. The average Bonchev–Trinajstić information content (AvgIpc) is 2.79. The quantitative estimate of drug-likeness (QED) is 0.853. The zero-order valence-corrected chi connectivity index (χ0v) is 11.7. The average molecular weight is 284 g/mol. The van der Waals surface area contributed by atoms with Crippen LogP contribution in [0.25, 0.3) is 10.9 Å². The molecule has 1 fully saturated rings. The molecule has 1 unspecified atom stereocenters. The van der Waals surface area contributed by atoms with Crippen molar-refractivity contribution >= 4 is 28.4 Å². The van der Waals surface area contributed by atoms with Crippen molar-refractivity contribution in [1.29, 1.82) is 0 Å². The van der Waals surface area contributed by atoms with Gasteiger partial charge in [0.15, 0.2) is 0 Å². The first-order chi connectivity index (χ1) is 10.1. The van der Waals surface area contributed by atoms with Gasteiger partial charge in [-0.25, -0.2) is 4.98 Å². The number of likely N-dealkylation sites (tertiary alicyclic amines) is 1. The van der Waals surface area contributed by atoms with Crippen molar-refractivity contribution in [2.45, 2.75) is 12.5 Å². The van der Waals surface area contributed by atoms with Gasteiger partial charge in [0, 0.05) is 24.7 Å². The van der Waals surface area contributed by atoms with Gasteiger partial charge in [0.2, 0.25) is 5.91 Å². The van der Waals surface area contributed by atoms with Crippen molar-refractivity contribution in [1.82, 2.24) is 15.2 Å². The lowest BCUT2D eigenvalue weighted by Gasteiger charge is -2.12. The Kier molecular flexibility index (Phi) is 3.21. The number of nitrogens with one attached hydrogen (secondary N) is 1. The molecule has 2 heterocycles. The molecule has 2 aromatic rings. The van der Waals surface area contributed by atoms with Crippen LogP contribution in [0.3, 0.4) is 0 Å². The van der Waals surface area contributed by atoms with Crippen LogP contribution < -0.4 is 11.1 Å². The van der Waals surface area contributed by atoms with Gasteiger partial charge in [0.05, 0.1) is 5.52 Å². The third-order valence-electron chi connectivity index (χ3n) is 3.71. The van der Waals surface area contributed by atoms with Gasteiger partial charge < -0.3 is 16.0 Å². The molecule has 6 nitrogen and oxygen atoms in total. The van der Waals surface area contributed by atoms with E-state index in [4.69, 9.17) is 5.73 Å². The van der Waals surface area contributed by atoms with E-state index in [1.165, 1.54) is 0 Å². The van der Waals surface area contributed by atoms with E-state index >= 15 is 0 Å². The summed E-state index contributed by atoms with van der Waals surface area (Å²) < 4.78 is 0. The van der Waals surface area contributed by atoms with Crippen molar-refractivity contribution in [3.05, 3.63) is 36.0 Å². The molecule has 1 aromatic carbocycles. The molecule has 1 atom stereocenters. The molecule has 2 amide bonds. The van der Waals surface area contributed by atoms with E-state index in [1.54, 1.807) is 24.1 Å². The number of likely N-dealkylation sites (N-methyl/N-ethyl adjacent to an activating group) is 1. The van der Waals surface area contributed by atoms with E-state index in [1.807, 2.05) is 18.2 Å². The molecule has 0 bridgehead atoms. The molecule has 1 aromatic heterocycles. The Balaban J connectivity index is 1.86. The highest BCUT2D eigenvalue weighted by Crippen LogP contribution is 2.20. The molecule has 1 aliphatic heterocycles. The summed E-state index contributed by atoms with van der Waals surface area (Å²) in [6.07, 6.45) is 0.615. The van der Waals surface area contributed by atoms with E-state index in [0.717, 1.165) is 5.39 Å². The standard InChI is InChI=1S/C15H16N4O2/c1-19-7-6-12(15(19)21)18-14(20)13-8-10(16)9-4-2-3-5-11(9)17-13/h2-5,8,12H,6-7H2,1H3,(H2,16,17)(H,18,20). The van der Waals surface area contributed by atoms with Gasteiger partial charge in [-0.3, -0.25) is 9.59 Å². The van der Waals surface area contributed by atoms with Crippen LogP contribution in [0.1, 0.15) is 16.9 Å². The molecular formula is C15H16N4O2. The monoisotopic (exact) mass is 284 g/mol. The van der Waals surface area contributed by atoms with Gasteiger partial charge in [-0.15, -0.1) is 0 Å². The van der Waals surface area contributed by atoms with Crippen LogP contribution in [0.15, 0.2) is 30.3 Å². The summed E-state index contributed by atoms with van der Waals surface area (Å²) in [6.45, 7) is 0.650. The Morgan fingerprint density at radius 1 is 1.43 bits per heavy atom. The second kappa shape index (κ2) is 5.05. The number of benzene rings is 1. The first-order valence-corrected chi connectivity index (χ1v) is 6.77. The van der Waals surface area contributed by atoms with Gasteiger partial charge in [0.1, 0.15) is 11.7 Å². The largest absolute Gasteiger partial charge is 0.398 e. The zero-order valence-electron chi connectivity index (χ0n) is 11.7. The Morgan fingerprint density at radius 3 is 2.90 bits per heavy atom. The van der Waals surface area contributed by atoms with Crippen LogP contribution in [-0.2, 0) is 4.79 Å². The second-order valence-electron chi connectivity index (χ2n) is 5.19. The van der Waals surface area contributed by atoms with E-state index in [9.17, 15) is 9.59 Å². The molecule has 0 aliphatic carbocycles. The lowest BCUT2D eigenvalue weighted by molar-refractivity contribution is -0.128. The molecule has 21 heavy (non-hydrogen) atoms. The van der Waals surface area contributed by atoms with E-state index < -0.39 is 6.04 Å². The number of nitrogens with two attached hydrogens (primary N) is 1. The highest BCUT2D eigenvalue weighted by Gasteiger charge is 2.30. The molecule has 0 saturated carbocycles. The number of carbonyl (C=O) groups excluding carboxylic acids is 2. The molecule has 0 spiro atoms. The smallest absolute Gasteiger partial charge is 0.270 e. The van der Waals surface area contributed by atoms with Gasteiger partial charge >= 0.3 is 0 Å². The molecule has 1 saturated heterocycles. The van der Waals surface area contributed by atoms with E-state index in [-0.39, 0.29) is 17.5 Å². The second-order valence-corrected chi connectivity index (χ2v) is 5.19. The van der Waals surface area contributed by atoms with E-state index in [0.29, 0.717) is 24.2 Å². The van der Waals surface area contributed by atoms with Crippen molar-refractivity contribution in [3.63, 3.8) is 0 Å². The summed E-state index contributed by atoms with van der Waals surface area (Å²) in [6, 6.07) is 8.43. The SMILES string of the molecule is CN1CCC(NC(=O)c2cc(N)c3ccccc3n2)C1=O. The van der Waals surface area contributed by atoms with Crippen molar-refractivity contribution < 1.29 is 9.59 Å². The number of amides is 2. The predicted octanol–water partition coefficient (Wildman–Crippen LogP) is 0.777. The summed E-state index contributed by atoms with van der Waals surface area (Å²) >= 11 is 0. The summed E-state index contributed by atoms with van der Waals surface area (Å²) in [5.74, 6) is -0.446. The number of para-hydroxylation sites is 1. The highest BCUT2D eigenvalue weighted by atomic mass is 16.2. The lowest BCUT2D eigenvalue weighted by atomic mass is 10.1. The summed E-state index contributed by atoms with van der Waals surface area (Å²) in [5, 5.41) is 3.53. The minimum atomic E-state index is -0.475. The molecule has 1 aliphatic rings. The number of nitrogen functional groups attached to an aromatic ring is 1. The number of hydrogen-bond acceptors (Lipinski definition) is 4. The Bertz CT molecular complexity index is 729. The number of anilines is 1. The maximum Gasteiger partial charge on any atom is 0.270 e. The van der Waals surface area contributed by atoms with Crippen LogP contribution in [0.5, 0.6) is 0 Å². The summed E-state index contributed by atoms with van der Waals surface area (Å²) in [4.78, 5) is 30.0. The number of fused-ring (bicyclic) bond motifs is 1. The van der Waals surface area contributed by atoms with Crippen molar-refractivity contribution in [2.75, 3.05) is 19.3 Å². The summed E-state index contributed by atoms with van der Waals surface area (Å²) in [7, 11) is 1.72. The van der Waals surface area contributed by atoms with Crippen LogP contribution in [-0.4, -0.2) is 41.3 Å². The minimum Gasteiger partial charge on any atom is -0.398 e. The minimum absolute atomic E-state index is 0.0721. The molecule has 6 heteroatoms. The fourth-order valence-corrected chi connectivity index (χ4v) is 2.51. The number of pyridine rings is 1. The number of rotatable bonds is 2. The van der Waals surface area contributed by atoms with Gasteiger partial charge in [0.25, 0.3) is 5.91 Å². The first kappa shape index (κ1) is 13.4. The highest BCUT2D eigenvalue weighted by molar-refractivity contribution is 6.01. The van der Waals surface area contributed by atoms with Crippen LogP contribution in [0.2, 0.25) is 0 Å². The van der Waals surface area contributed by atoms with Gasteiger partial charge in [-0.1, -0.05) is 18.2 Å². The number of carbonyl (C=O) groups is 2. The van der Waals surface area contributed by atoms with Crippen molar-refractivity contribution in [2.24, 2.45) is 0 Å². The summed E-state index contributed by atoms with van der Waals surface area (Å²) in [5.41, 5.74) is 7.35. The normalized spacial score (nSPS) is 18.2. The molecular weight excluding hydrogens is 268 g/mol. The lowest BCUT2D eigenvalue weighted by Crippen LogP contribution is -2.40. The molecule has 108 valence electrons. The molecule has 3 rings (SSSR count). The number of aromatic nitrogens is 1. The fourth-order valence-electron chi connectivity index (χ4n) is 2.51. The Morgan fingerprint density at radius 2 is 2.19 bits per heavy atom. The third-order valence-corrected chi connectivity index (χ3v) is 3.71. The number of nitrogens with zero attached hydrogens (tertiary/aromatic N) is 2. The zero-order chi connectivity index (χ0) is 15.0. The van der Waals surface area contributed by atoms with Gasteiger partial charge in [-0.05, 0) is 18.6 Å². The number of hydrogen-bond donors (Lipinski definition) is 2. The van der Waals surface area contributed by atoms with Crippen molar-refractivity contribution in [3.8, 4) is 0 Å². The fraction of sp³-hybridized carbons (Fsp3) is 0.267. The predicted molar refractivity (Wildman–Crippen MR) is 79.7 cm³/mol. The van der Waals surface area contributed by atoms with Crippen LogP contribution in [0.4, 0.5) is 5.69 Å².